The molecule has 19 heavy (non-hydrogen) atoms. The number of hydrogen-bond donors (Lipinski definition) is 2. The van der Waals surface area contributed by atoms with E-state index in [9.17, 15) is 5.11 Å². The van der Waals surface area contributed by atoms with E-state index in [-0.39, 0.29) is 25.1 Å². The molecule has 1 aliphatic heterocycles. The second-order valence-corrected chi connectivity index (χ2v) is 6.01. The van der Waals surface area contributed by atoms with Gasteiger partial charge >= 0.3 is 0 Å². The number of aliphatic hydroxyl groups excluding tert-OH is 1. The Hall–Kier alpha value is -0.400. The van der Waals surface area contributed by atoms with Gasteiger partial charge in [-0.15, -0.1) is 23.7 Å². The van der Waals surface area contributed by atoms with E-state index < -0.39 is 0 Å². The summed E-state index contributed by atoms with van der Waals surface area (Å²) in [5.41, 5.74) is 5.65. The molecule has 2 rings (SSSR count). The molecule has 7 heteroatoms. The maximum absolute atomic E-state index is 9.21. The van der Waals surface area contributed by atoms with Crippen LogP contribution in [0, 0.1) is 0 Å². The third-order valence-corrected chi connectivity index (χ3v) is 4.27. The van der Waals surface area contributed by atoms with Gasteiger partial charge in [-0.1, -0.05) is 0 Å². The lowest BCUT2D eigenvalue weighted by atomic mass is 10.3. The molecule has 0 bridgehead atoms. The van der Waals surface area contributed by atoms with Crippen molar-refractivity contribution in [3.63, 3.8) is 0 Å². The van der Waals surface area contributed by atoms with E-state index in [0.29, 0.717) is 5.13 Å². The quantitative estimate of drug-likeness (QED) is 0.870. The van der Waals surface area contributed by atoms with E-state index in [4.69, 9.17) is 5.73 Å². The van der Waals surface area contributed by atoms with Crippen LogP contribution in [0.15, 0.2) is 6.20 Å². The summed E-state index contributed by atoms with van der Waals surface area (Å²) in [5, 5.41) is 9.86. The molecule has 1 aromatic rings. The predicted octanol–water partition coefficient (Wildman–Crippen LogP) is 1.04. The van der Waals surface area contributed by atoms with Crippen molar-refractivity contribution in [3.05, 3.63) is 11.1 Å². The van der Waals surface area contributed by atoms with Crippen molar-refractivity contribution < 1.29 is 5.11 Å². The molecule has 1 aliphatic rings. The number of nitrogens with zero attached hydrogens (tertiary/aromatic N) is 3. The molecule has 5 nitrogen and oxygen atoms in total. The largest absolute Gasteiger partial charge is 0.395 e. The zero-order valence-electron chi connectivity index (χ0n) is 11.3. The molecule has 0 saturated carbocycles. The van der Waals surface area contributed by atoms with Gasteiger partial charge in [-0.05, 0) is 26.4 Å². The predicted molar refractivity (Wildman–Crippen MR) is 81.8 cm³/mol. The number of halogens is 1. The van der Waals surface area contributed by atoms with Gasteiger partial charge in [0.25, 0.3) is 0 Å². The Morgan fingerprint density at radius 1 is 1.42 bits per heavy atom. The van der Waals surface area contributed by atoms with Crippen molar-refractivity contribution in [1.29, 1.82) is 0 Å². The molecule has 1 fully saturated rings. The van der Waals surface area contributed by atoms with Gasteiger partial charge in [-0.2, -0.15) is 0 Å². The van der Waals surface area contributed by atoms with Gasteiger partial charge < -0.3 is 10.8 Å². The fourth-order valence-corrected chi connectivity index (χ4v) is 3.05. The number of nitrogen functional groups attached to an aromatic ring is 1. The fourth-order valence-electron chi connectivity index (χ4n) is 2.32. The molecule has 0 radical (unpaired) electrons. The summed E-state index contributed by atoms with van der Waals surface area (Å²) < 4.78 is 0. The first kappa shape index (κ1) is 16.7. The lowest BCUT2D eigenvalue weighted by Gasteiger charge is -2.26. The van der Waals surface area contributed by atoms with Crippen LogP contribution in [0.5, 0.6) is 0 Å². The van der Waals surface area contributed by atoms with Gasteiger partial charge in [0, 0.05) is 36.8 Å². The van der Waals surface area contributed by atoms with Crippen molar-refractivity contribution in [2.75, 3.05) is 38.5 Å². The van der Waals surface area contributed by atoms with Gasteiger partial charge in [0.05, 0.1) is 6.61 Å². The molecule has 1 unspecified atom stereocenters. The standard InChI is InChI=1S/C12H22N4OS.ClH/c1-10(9-17)16-4-2-3-15(5-6-16)8-11-7-14-12(13)18-11;/h7,10,17H,2-6,8-9H2,1H3,(H2,13,14);1H. The van der Waals surface area contributed by atoms with Crippen LogP contribution in [-0.4, -0.2) is 58.7 Å². The Morgan fingerprint density at radius 3 is 2.84 bits per heavy atom. The number of hydrogen-bond acceptors (Lipinski definition) is 6. The van der Waals surface area contributed by atoms with E-state index in [0.717, 1.165) is 39.1 Å². The van der Waals surface area contributed by atoms with Crippen LogP contribution < -0.4 is 5.73 Å². The molecule has 2 heterocycles. The van der Waals surface area contributed by atoms with Crippen LogP contribution in [0.2, 0.25) is 0 Å². The van der Waals surface area contributed by atoms with E-state index in [1.165, 1.54) is 4.88 Å². The number of rotatable bonds is 4. The molecular formula is C12H23ClN4OS. The minimum atomic E-state index is 0. The first-order valence-corrected chi connectivity index (χ1v) is 7.28. The zero-order chi connectivity index (χ0) is 13.0. The van der Waals surface area contributed by atoms with Gasteiger partial charge in [-0.3, -0.25) is 9.80 Å². The van der Waals surface area contributed by atoms with Crippen molar-refractivity contribution >= 4 is 28.9 Å². The normalized spacial score (nSPS) is 19.7. The topological polar surface area (TPSA) is 65.6 Å². The lowest BCUT2D eigenvalue weighted by molar-refractivity contribution is 0.136. The Labute approximate surface area is 124 Å². The highest BCUT2D eigenvalue weighted by Crippen LogP contribution is 2.17. The smallest absolute Gasteiger partial charge is 0.180 e. The Balaban J connectivity index is 0.00000180. The average Bonchev–Trinajstić information content (AvgIpc) is 2.64. The molecule has 0 amide bonds. The summed E-state index contributed by atoms with van der Waals surface area (Å²) in [7, 11) is 0. The Bertz CT molecular complexity index is 376. The van der Waals surface area contributed by atoms with Gasteiger partial charge in [-0.25, -0.2) is 4.98 Å². The SMILES string of the molecule is CC(CO)N1CCCN(Cc2cnc(N)s2)CC1.Cl. The Morgan fingerprint density at radius 2 is 2.21 bits per heavy atom. The van der Waals surface area contributed by atoms with Crippen LogP contribution >= 0.6 is 23.7 Å². The van der Waals surface area contributed by atoms with E-state index in [1.54, 1.807) is 11.3 Å². The maximum atomic E-state index is 9.21. The summed E-state index contributed by atoms with van der Waals surface area (Å²) >= 11 is 1.57. The van der Waals surface area contributed by atoms with Crippen molar-refractivity contribution in [2.45, 2.75) is 25.9 Å². The summed E-state index contributed by atoms with van der Waals surface area (Å²) in [6, 6.07) is 0.268. The third kappa shape index (κ3) is 4.89. The van der Waals surface area contributed by atoms with Crippen LogP contribution in [0.3, 0.4) is 0 Å². The lowest BCUT2D eigenvalue weighted by Crippen LogP contribution is -2.38. The summed E-state index contributed by atoms with van der Waals surface area (Å²) in [6.07, 6.45) is 3.03. The average molecular weight is 307 g/mol. The zero-order valence-corrected chi connectivity index (χ0v) is 12.9. The number of nitrogens with two attached hydrogens (primary N) is 1. The minimum absolute atomic E-state index is 0. The molecule has 110 valence electrons. The monoisotopic (exact) mass is 306 g/mol. The second kappa shape index (κ2) is 8.01. The maximum Gasteiger partial charge on any atom is 0.180 e. The van der Waals surface area contributed by atoms with Gasteiger partial charge in [0.1, 0.15) is 0 Å². The third-order valence-electron chi connectivity index (χ3n) is 3.46. The second-order valence-electron chi connectivity index (χ2n) is 4.86. The highest BCUT2D eigenvalue weighted by molar-refractivity contribution is 7.15. The number of thiazole rings is 1. The fraction of sp³-hybridized carbons (Fsp3) is 0.750. The molecule has 1 aromatic heterocycles. The summed E-state index contributed by atoms with van der Waals surface area (Å²) in [5.74, 6) is 0. The molecule has 3 N–H and O–H groups in total. The van der Waals surface area contributed by atoms with E-state index in [1.807, 2.05) is 6.20 Å². The molecule has 0 aromatic carbocycles. The Kier molecular flexibility index (Phi) is 7.02. The van der Waals surface area contributed by atoms with Crippen LogP contribution in [0.25, 0.3) is 0 Å². The highest BCUT2D eigenvalue weighted by atomic mass is 35.5. The van der Waals surface area contributed by atoms with Crippen LogP contribution in [0.1, 0.15) is 18.2 Å². The summed E-state index contributed by atoms with van der Waals surface area (Å²) in [4.78, 5) is 10.1. The van der Waals surface area contributed by atoms with Gasteiger partial charge in [0.15, 0.2) is 5.13 Å². The van der Waals surface area contributed by atoms with Crippen molar-refractivity contribution in [3.8, 4) is 0 Å². The number of aromatic nitrogens is 1. The molecule has 1 saturated heterocycles. The molecule has 0 aliphatic carbocycles. The van der Waals surface area contributed by atoms with Crippen LogP contribution in [-0.2, 0) is 6.54 Å². The number of aliphatic hydroxyl groups is 1. The first-order chi connectivity index (χ1) is 8.69. The summed E-state index contributed by atoms with van der Waals surface area (Å²) in [6.45, 7) is 7.51. The molecule has 0 spiro atoms. The van der Waals surface area contributed by atoms with E-state index in [2.05, 4.69) is 21.7 Å². The first-order valence-electron chi connectivity index (χ1n) is 6.46. The number of anilines is 1. The molecular weight excluding hydrogens is 284 g/mol. The van der Waals surface area contributed by atoms with Crippen LogP contribution in [0.4, 0.5) is 5.13 Å². The minimum Gasteiger partial charge on any atom is -0.395 e. The van der Waals surface area contributed by atoms with Crippen molar-refractivity contribution in [2.24, 2.45) is 0 Å². The highest BCUT2D eigenvalue weighted by Gasteiger charge is 2.18. The van der Waals surface area contributed by atoms with Crippen molar-refractivity contribution in [1.82, 2.24) is 14.8 Å². The van der Waals surface area contributed by atoms with E-state index >= 15 is 0 Å². The molecule has 1 atom stereocenters. The van der Waals surface area contributed by atoms with Gasteiger partial charge in [0.2, 0.25) is 0 Å².